The molecule has 1 fully saturated rings. The van der Waals surface area contributed by atoms with E-state index in [1.807, 2.05) is 0 Å². The molecule has 28 heavy (non-hydrogen) atoms. The lowest BCUT2D eigenvalue weighted by atomic mass is 10.1. The maximum absolute atomic E-state index is 14.1. The molecule has 5 rings (SSSR count). The highest BCUT2D eigenvalue weighted by atomic mass is 19.1. The lowest BCUT2D eigenvalue weighted by Crippen LogP contribution is -2.17. The number of rotatable bonds is 3. The monoisotopic (exact) mass is 389 g/mol. The van der Waals surface area contributed by atoms with E-state index in [0.29, 0.717) is 0 Å². The van der Waals surface area contributed by atoms with Gasteiger partial charge in [0.1, 0.15) is 11.6 Å². The largest absolute Gasteiger partial charge is 0.391 e. The Labute approximate surface area is 154 Å². The van der Waals surface area contributed by atoms with Gasteiger partial charge in [-0.2, -0.15) is 4.98 Å². The number of halogens is 2. The number of aromatic nitrogens is 5. The van der Waals surface area contributed by atoms with Gasteiger partial charge in [-0.1, -0.05) is 0 Å². The van der Waals surface area contributed by atoms with Gasteiger partial charge in [0.25, 0.3) is 5.56 Å². The van der Waals surface area contributed by atoms with Crippen LogP contribution in [0.15, 0.2) is 35.5 Å². The van der Waals surface area contributed by atoms with E-state index in [1.165, 1.54) is 27.6 Å². The highest BCUT2D eigenvalue weighted by molar-refractivity contribution is 5.73. The van der Waals surface area contributed by atoms with Crippen LogP contribution in [-0.4, -0.2) is 48.5 Å². The first-order valence-electron chi connectivity index (χ1n) is 8.36. The first-order valence-corrected chi connectivity index (χ1v) is 8.36. The molecule has 2 atom stereocenters. The Morgan fingerprint density at radius 3 is 2.96 bits per heavy atom. The number of aliphatic hydroxyl groups is 1. The maximum Gasteiger partial charge on any atom is 0.287 e. The molecule has 0 amide bonds. The van der Waals surface area contributed by atoms with Gasteiger partial charge in [0.05, 0.1) is 25.2 Å². The van der Waals surface area contributed by atoms with Crippen LogP contribution in [-0.2, 0) is 9.47 Å². The second-order valence-corrected chi connectivity index (χ2v) is 6.26. The van der Waals surface area contributed by atoms with Gasteiger partial charge in [0.2, 0.25) is 5.78 Å². The van der Waals surface area contributed by atoms with E-state index in [9.17, 15) is 13.6 Å². The van der Waals surface area contributed by atoms with Gasteiger partial charge < -0.3 is 19.6 Å². The van der Waals surface area contributed by atoms with Crippen molar-refractivity contribution in [3.05, 3.63) is 52.7 Å². The Morgan fingerprint density at radius 1 is 1.36 bits per heavy atom. The fraction of sp³-hybridized carbons (Fsp3) is 0.235. The summed E-state index contributed by atoms with van der Waals surface area (Å²) >= 11 is 0. The van der Waals surface area contributed by atoms with Crippen LogP contribution in [0.3, 0.4) is 0 Å². The minimum Gasteiger partial charge on any atom is -0.391 e. The highest BCUT2D eigenvalue weighted by Gasteiger charge is 2.29. The van der Waals surface area contributed by atoms with E-state index in [-0.39, 0.29) is 41.4 Å². The molecule has 2 N–H and O–H groups in total. The van der Waals surface area contributed by atoms with Crippen LogP contribution in [0.5, 0.6) is 0 Å². The third kappa shape index (κ3) is 2.52. The number of nitrogens with one attached hydrogen (secondary N) is 1. The molecule has 4 aromatic rings. The predicted octanol–water partition coefficient (Wildman–Crippen LogP) is 1.18. The summed E-state index contributed by atoms with van der Waals surface area (Å²) in [7, 11) is 0. The van der Waals surface area contributed by atoms with Gasteiger partial charge in [-0.3, -0.25) is 9.36 Å². The van der Waals surface area contributed by atoms with E-state index < -0.39 is 29.7 Å². The smallest absolute Gasteiger partial charge is 0.287 e. The van der Waals surface area contributed by atoms with Gasteiger partial charge >= 0.3 is 0 Å². The van der Waals surface area contributed by atoms with Crippen molar-refractivity contribution in [1.29, 1.82) is 0 Å². The topological polar surface area (TPSA) is 107 Å². The average molecular weight is 389 g/mol. The number of aliphatic hydroxyl groups excluding tert-OH is 1. The second kappa shape index (κ2) is 6.19. The van der Waals surface area contributed by atoms with Crippen molar-refractivity contribution in [3.8, 4) is 11.3 Å². The number of nitrogens with zero attached hydrogens (tertiary/aromatic N) is 4. The van der Waals surface area contributed by atoms with Crippen molar-refractivity contribution in [3.63, 3.8) is 0 Å². The highest BCUT2D eigenvalue weighted by Crippen LogP contribution is 2.25. The lowest BCUT2D eigenvalue weighted by molar-refractivity contribution is -0.0980. The second-order valence-electron chi connectivity index (χ2n) is 6.26. The molecule has 1 aromatic carbocycles. The number of hydrogen-bond acceptors (Lipinski definition) is 6. The van der Waals surface area contributed by atoms with Crippen molar-refractivity contribution in [1.82, 2.24) is 23.9 Å². The summed E-state index contributed by atoms with van der Waals surface area (Å²) in [6.45, 7) is -0.138. The summed E-state index contributed by atoms with van der Waals surface area (Å²) in [5.74, 6) is -1.30. The molecule has 11 heteroatoms. The predicted molar refractivity (Wildman–Crippen MR) is 91.4 cm³/mol. The molecule has 1 aliphatic heterocycles. The van der Waals surface area contributed by atoms with E-state index in [4.69, 9.17) is 14.6 Å². The Balaban J connectivity index is 1.65. The fourth-order valence-electron chi connectivity index (χ4n) is 3.21. The van der Waals surface area contributed by atoms with Crippen LogP contribution in [0.1, 0.15) is 6.23 Å². The molecule has 0 unspecified atom stereocenters. The molecule has 9 nitrogen and oxygen atoms in total. The molecular weight excluding hydrogens is 376 g/mol. The van der Waals surface area contributed by atoms with E-state index >= 15 is 0 Å². The van der Waals surface area contributed by atoms with Gasteiger partial charge in [0.15, 0.2) is 23.7 Å². The number of H-pyrrole nitrogens is 1. The van der Waals surface area contributed by atoms with Crippen molar-refractivity contribution in [2.45, 2.75) is 12.5 Å². The van der Waals surface area contributed by atoms with Crippen LogP contribution in [0.4, 0.5) is 8.78 Å². The molecule has 4 heterocycles. The molecule has 1 aliphatic rings. The number of imidazole rings is 2. The number of fused-ring (bicyclic) bond motifs is 2. The standard InChI is InChI=1S/C17H13F2N5O4/c18-8-1-2-9(10(19)3-8)11-4-23-16(26)14-15(22-17(23)21-11)24(7-20-14)12-6-27-13(5-25)28-12/h1-4,7,12-13,25H,5-6H2,(H,21,22)/t12-,13-/m1/s1. The van der Waals surface area contributed by atoms with Crippen molar-refractivity contribution in [2.75, 3.05) is 13.2 Å². The summed E-state index contributed by atoms with van der Waals surface area (Å²) in [6.07, 6.45) is 1.44. The van der Waals surface area contributed by atoms with Crippen LogP contribution in [0.25, 0.3) is 28.2 Å². The maximum atomic E-state index is 14.1. The molecule has 0 spiro atoms. The van der Waals surface area contributed by atoms with Crippen molar-refractivity contribution < 1.29 is 23.4 Å². The molecule has 0 bridgehead atoms. The third-order valence-electron chi connectivity index (χ3n) is 4.55. The van der Waals surface area contributed by atoms with Crippen LogP contribution >= 0.6 is 0 Å². The first-order chi connectivity index (χ1) is 13.5. The lowest BCUT2D eigenvalue weighted by Gasteiger charge is -2.11. The Hall–Kier alpha value is -3.15. The van der Waals surface area contributed by atoms with Gasteiger partial charge in [-0.25, -0.2) is 18.2 Å². The van der Waals surface area contributed by atoms with Crippen molar-refractivity contribution >= 4 is 16.9 Å². The molecule has 0 aliphatic carbocycles. The number of hydrogen-bond donors (Lipinski definition) is 2. The van der Waals surface area contributed by atoms with Crippen LogP contribution < -0.4 is 5.56 Å². The normalized spacial score (nSPS) is 19.8. The summed E-state index contributed by atoms with van der Waals surface area (Å²) in [5.41, 5.74) is 0.262. The zero-order valence-electron chi connectivity index (χ0n) is 14.2. The molecule has 0 saturated carbocycles. The summed E-state index contributed by atoms with van der Waals surface area (Å²) in [5, 5.41) is 9.13. The van der Waals surface area contributed by atoms with E-state index in [1.54, 1.807) is 0 Å². The molecule has 0 radical (unpaired) electrons. The molecule has 1 saturated heterocycles. The summed E-state index contributed by atoms with van der Waals surface area (Å²) in [4.78, 5) is 24.2. The van der Waals surface area contributed by atoms with Gasteiger partial charge in [-0.15, -0.1) is 0 Å². The Morgan fingerprint density at radius 2 is 2.21 bits per heavy atom. The number of ether oxygens (including phenoxy) is 2. The minimum atomic E-state index is -0.765. The van der Waals surface area contributed by atoms with Gasteiger partial charge in [-0.05, 0) is 12.1 Å². The molecule has 144 valence electrons. The summed E-state index contributed by atoms with van der Waals surface area (Å²) in [6, 6.07) is 3.16. The summed E-state index contributed by atoms with van der Waals surface area (Å²) < 4.78 is 40.8. The molecular formula is C17H13F2N5O4. The Kier molecular flexibility index (Phi) is 3.75. The fourth-order valence-corrected chi connectivity index (χ4v) is 3.21. The zero-order chi connectivity index (χ0) is 19.4. The first kappa shape index (κ1) is 17.0. The zero-order valence-corrected chi connectivity index (χ0v) is 14.2. The quantitative estimate of drug-likeness (QED) is 0.545. The van der Waals surface area contributed by atoms with E-state index in [2.05, 4.69) is 15.0 Å². The van der Waals surface area contributed by atoms with E-state index in [0.717, 1.165) is 12.1 Å². The minimum absolute atomic E-state index is 0.0960. The molecule has 3 aromatic heterocycles. The third-order valence-corrected chi connectivity index (χ3v) is 4.55. The number of aromatic amines is 1. The van der Waals surface area contributed by atoms with Crippen LogP contribution in [0.2, 0.25) is 0 Å². The average Bonchev–Trinajstić information content (AvgIpc) is 3.39. The van der Waals surface area contributed by atoms with Gasteiger partial charge in [0, 0.05) is 17.8 Å². The van der Waals surface area contributed by atoms with Crippen molar-refractivity contribution in [2.24, 2.45) is 0 Å². The Bertz CT molecular complexity index is 1260. The van der Waals surface area contributed by atoms with Crippen LogP contribution in [0, 0.1) is 11.6 Å². The number of benzene rings is 1. The SMILES string of the molecule is O=c1c2ncn([C@H]3CO[C@@H](CO)O3)c2nc2[nH]c(-c3ccc(F)cc3F)cn12.